The van der Waals surface area contributed by atoms with Crippen LogP contribution in [0, 0.1) is 6.92 Å². The lowest BCUT2D eigenvalue weighted by molar-refractivity contribution is 0.284. The zero-order valence-electron chi connectivity index (χ0n) is 11.2. The molecule has 0 radical (unpaired) electrons. The third-order valence-electron chi connectivity index (χ3n) is 2.90. The van der Waals surface area contributed by atoms with Crippen LogP contribution in [-0.4, -0.2) is 7.11 Å². The highest BCUT2D eigenvalue weighted by atomic mass is 79.9. The van der Waals surface area contributed by atoms with Crippen molar-refractivity contribution >= 4 is 15.9 Å². The Morgan fingerprint density at radius 3 is 2.26 bits per heavy atom. The van der Waals surface area contributed by atoms with E-state index in [9.17, 15) is 0 Å². The molecule has 0 heterocycles. The molecular weight excluding hydrogens is 304 g/mol. The molecule has 19 heavy (non-hydrogen) atoms. The molecule has 2 aromatic carbocycles. The van der Waals surface area contributed by atoms with Crippen LogP contribution in [0.4, 0.5) is 0 Å². The smallest absolute Gasteiger partial charge is 0.161 e. The minimum Gasteiger partial charge on any atom is -0.493 e. The first-order valence-corrected chi connectivity index (χ1v) is 7.26. The van der Waals surface area contributed by atoms with E-state index in [1.807, 2.05) is 18.2 Å². The SMILES string of the molecule is COc1cc(CBr)ccc1OCc1ccc(C)cc1. The Bertz CT molecular complexity index is 535. The van der Waals surface area contributed by atoms with Crippen molar-refractivity contribution in [2.24, 2.45) is 0 Å². The number of hydrogen-bond acceptors (Lipinski definition) is 2. The summed E-state index contributed by atoms with van der Waals surface area (Å²) in [5.41, 5.74) is 3.57. The number of ether oxygens (including phenoxy) is 2. The van der Waals surface area contributed by atoms with Crippen molar-refractivity contribution in [2.45, 2.75) is 18.9 Å². The number of alkyl halides is 1. The van der Waals surface area contributed by atoms with E-state index in [1.165, 1.54) is 11.1 Å². The molecule has 0 N–H and O–H groups in total. The normalized spacial score (nSPS) is 10.3. The highest BCUT2D eigenvalue weighted by molar-refractivity contribution is 9.08. The fourth-order valence-electron chi connectivity index (χ4n) is 1.76. The van der Waals surface area contributed by atoms with Gasteiger partial charge in [0.1, 0.15) is 6.61 Å². The van der Waals surface area contributed by atoms with Gasteiger partial charge in [0.2, 0.25) is 0 Å². The standard InChI is InChI=1S/C16H17BrO2/c1-12-3-5-13(6-4-12)11-19-15-8-7-14(10-17)9-16(15)18-2/h3-9H,10-11H2,1-2H3. The fraction of sp³-hybridized carbons (Fsp3) is 0.250. The first kappa shape index (κ1) is 13.9. The summed E-state index contributed by atoms with van der Waals surface area (Å²) < 4.78 is 11.2. The van der Waals surface area contributed by atoms with E-state index in [0.717, 1.165) is 22.4 Å². The van der Waals surface area contributed by atoms with Crippen LogP contribution < -0.4 is 9.47 Å². The van der Waals surface area contributed by atoms with Gasteiger partial charge in [-0.3, -0.25) is 0 Å². The highest BCUT2D eigenvalue weighted by Gasteiger charge is 2.05. The molecule has 0 spiro atoms. The van der Waals surface area contributed by atoms with Gasteiger partial charge in [-0.2, -0.15) is 0 Å². The monoisotopic (exact) mass is 320 g/mol. The summed E-state index contributed by atoms with van der Waals surface area (Å²) in [7, 11) is 1.66. The topological polar surface area (TPSA) is 18.5 Å². The number of halogens is 1. The zero-order valence-corrected chi connectivity index (χ0v) is 12.7. The zero-order chi connectivity index (χ0) is 13.7. The van der Waals surface area contributed by atoms with Crippen molar-refractivity contribution in [3.05, 3.63) is 59.2 Å². The Balaban J connectivity index is 2.08. The van der Waals surface area contributed by atoms with Crippen molar-refractivity contribution in [3.63, 3.8) is 0 Å². The average Bonchev–Trinajstić information content (AvgIpc) is 2.46. The summed E-state index contributed by atoms with van der Waals surface area (Å²) in [6.07, 6.45) is 0. The van der Waals surface area contributed by atoms with Gasteiger partial charge in [0.05, 0.1) is 7.11 Å². The third-order valence-corrected chi connectivity index (χ3v) is 3.54. The van der Waals surface area contributed by atoms with E-state index >= 15 is 0 Å². The minimum atomic E-state index is 0.546. The lowest BCUT2D eigenvalue weighted by Gasteiger charge is -2.11. The van der Waals surface area contributed by atoms with Crippen LogP contribution in [0.5, 0.6) is 11.5 Å². The maximum atomic E-state index is 5.81. The number of methoxy groups -OCH3 is 1. The van der Waals surface area contributed by atoms with Crippen LogP contribution in [0.15, 0.2) is 42.5 Å². The van der Waals surface area contributed by atoms with Crippen molar-refractivity contribution in [3.8, 4) is 11.5 Å². The summed E-state index contributed by atoms with van der Waals surface area (Å²) in [6, 6.07) is 14.3. The Hall–Kier alpha value is -1.48. The first-order valence-electron chi connectivity index (χ1n) is 6.14. The van der Waals surface area contributed by atoms with Crippen molar-refractivity contribution in [1.29, 1.82) is 0 Å². The number of hydrogen-bond donors (Lipinski definition) is 0. The molecule has 3 heteroatoms. The molecule has 0 aliphatic carbocycles. The molecule has 0 aliphatic rings. The molecule has 0 amide bonds. The molecule has 0 bridgehead atoms. The fourth-order valence-corrected chi connectivity index (χ4v) is 2.11. The Morgan fingerprint density at radius 1 is 0.947 bits per heavy atom. The van der Waals surface area contributed by atoms with Crippen LogP contribution in [0.1, 0.15) is 16.7 Å². The summed E-state index contributed by atoms with van der Waals surface area (Å²) in [5, 5.41) is 0.807. The third kappa shape index (κ3) is 3.74. The second-order valence-corrected chi connectivity index (χ2v) is 4.95. The second-order valence-electron chi connectivity index (χ2n) is 4.39. The molecule has 0 saturated carbocycles. The summed E-state index contributed by atoms with van der Waals surface area (Å²) >= 11 is 3.43. The first-order chi connectivity index (χ1) is 9.22. The van der Waals surface area contributed by atoms with E-state index in [2.05, 4.69) is 47.1 Å². The quantitative estimate of drug-likeness (QED) is 0.756. The van der Waals surface area contributed by atoms with Crippen LogP contribution in [0.25, 0.3) is 0 Å². The van der Waals surface area contributed by atoms with Crippen LogP contribution in [-0.2, 0) is 11.9 Å². The van der Waals surface area contributed by atoms with E-state index in [0.29, 0.717) is 6.61 Å². The molecular formula is C16H17BrO2. The maximum absolute atomic E-state index is 5.81. The van der Waals surface area contributed by atoms with Gasteiger partial charge in [0.15, 0.2) is 11.5 Å². The molecule has 2 nitrogen and oxygen atoms in total. The largest absolute Gasteiger partial charge is 0.493 e. The summed E-state index contributed by atoms with van der Waals surface area (Å²) in [6.45, 7) is 2.62. The molecule has 0 saturated heterocycles. The van der Waals surface area contributed by atoms with Crippen molar-refractivity contribution in [2.75, 3.05) is 7.11 Å². The molecule has 0 atom stereocenters. The van der Waals surface area contributed by atoms with E-state index in [1.54, 1.807) is 7.11 Å². The van der Waals surface area contributed by atoms with Gasteiger partial charge in [-0.15, -0.1) is 0 Å². The van der Waals surface area contributed by atoms with Gasteiger partial charge >= 0.3 is 0 Å². The van der Waals surface area contributed by atoms with Gasteiger partial charge < -0.3 is 9.47 Å². The number of rotatable bonds is 5. The van der Waals surface area contributed by atoms with E-state index in [-0.39, 0.29) is 0 Å². The van der Waals surface area contributed by atoms with Gasteiger partial charge in [-0.05, 0) is 30.2 Å². The second kappa shape index (κ2) is 6.62. The molecule has 2 aromatic rings. The van der Waals surface area contributed by atoms with Gasteiger partial charge in [-0.1, -0.05) is 51.8 Å². The molecule has 0 fully saturated rings. The maximum Gasteiger partial charge on any atom is 0.161 e. The Morgan fingerprint density at radius 2 is 1.63 bits per heavy atom. The van der Waals surface area contributed by atoms with Gasteiger partial charge in [0.25, 0.3) is 0 Å². The summed E-state index contributed by atoms with van der Waals surface area (Å²) in [5.74, 6) is 1.54. The Labute approximate surface area is 122 Å². The number of benzene rings is 2. The highest BCUT2D eigenvalue weighted by Crippen LogP contribution is 2.29. The van der Waals surface area contributed by atoms with E-state index in [4.69, 9.17) is 9.47 Å². The average molecular weight is 321 g/mol. The molecule has 0 aliphatic heterocycles. The van der Waals surface area contributed by atoms with E-state index < -0.39 is 0 Å². The van der Waals surface area contributed by atoms with Gasteiger partial charge in [-0.25, -0.2) is 0 Å². The lowest BCUT2D eigenvalue weighted by Crippen LogP contribution is -1.98. The summed E-state index contributed by atoms with van der Waals surface area (Å²) in [4.78, 5) is 0. The van der Waals surface area contributed by atoms with Crippen molar-refractivity contribution < 1.29 is 9.47 Å². The van der Waals surface area contributed by atoms with Gasteiger partial charge in [0, 0.05) is 5.33 Å². The van der Waals surface area contributed by atoms with Crippen LogP contribution in [0.2, 0.25) is 0 Å². The van der Waals surface area contributed by atoms with Crippen molar-refractivity contribution in [1.82, 2.24) is 0 Å². The lowest BCUT2D eigenvalue weighted by atomic mass is 10.2. The van der Waals surface area contributed by atoms with Crippen LogP contribution >= 0.6 is 15.9 Å². The predicted octanol–water partition coefficient (Wildman–Crippen LogP) is 4.48. The molecule has 100 valence electrons. The Kier molecular flexibility index (Phi) is 4.86. The predicted molar refractivity (Wildman–Crippen MR) is 81.1 cm³/mol. The molecule has 0 aromatic heterocycles. The molecule has 0 unspecified atom stereocenters. The van der Waals surface area contributed by atoms with Crippen LogP contribution in [0.3, 0.4) is 0 Å². The molecule has 2 rings (SSSR count). The minimum absolute atomic E-state index is 0.546. The number of aryl methyl sites for hydroxylation is 1.